The molecule has 2 aromatic rings. The van der Waals surface area contributed by atoms with E-state index in [-0.39, 0.29) is 12.2 Å². The second kappa shape index (κ2) is 9.24. The van der Waals surface area contributed by atoms with Crippen LogP contribution in [0.4, 0.5) is 18.9 Å². The number of ether oxygens (including phenoxy) is 2. The summed E-state index contributed by atoms with van der Waals surface area (Å²) in [6, 6.07) is 8.74. The Balaban J connectivity index is 2.16. The van der Waals surface area contributed by atoms with E-state index in [1.165, 1.54) is 20.3 Å². The monoisotopic (exact) mass is 446 g/mol. The van der Waals surface area contributed by atoms with Gasteiger partial charge in [0.05, 0.1) is 31.7 Å². The van der Waals surface area contributed by atoms with Gasteiger partial charge in [0, 0.05) is 6.54 Å². The molecular formula is C19H21F3N2O5S. The fourth-order valence-electron chi connectivity index (χ4n) is 2.61. The highest BCUT2D eigenvalue weighted by Crippen LogP contribution is 2.32. The lowest BCUT2D eigenvalue weighted by Gasteiger charge is -2.23. The van der Waals surface area contributed by atoms with Crippen LogP contribution >= 0.6 is 0 Å². The second-order valence-corrected chi connectivity index (χ2v) is 8.19. The number of carbonyl (C=O) groups is 1. The molecule has 0 atom stereocenters. The Hall–Kier alpha value is -2.95. The van der Waals surface area contributed by atoms with Gasteiger partial charge >= 0.3 is 6.18 Å². The lowest BCUT2D eigenvalue weighted by molar-refractivity contribution is -0.137. The third-order valence-corrected chi connectivity index (χ3v) is 5.23. The number of rotatable bonds is 8. The van der Waals surface area contributed by atoms with Crippen LogP contribution in [0.15, 0.2) is 42.5 Å². The predicted octanol–water partition coefficient (Wildman–Crippen LogP) is 2.81. The fraction of sp³-hybridized carbons (Fsp3) is 0.316. The lowest BCUT2D eigenvalue weighted by Crippen LogP contribution is -2.40. The van der Waals surface area contributed by atoms with Gasteiger partial charge in [-0.3, -0.25) is 9.10 Å². The Morgan fingerprint density at radius 2 is 1.73 bits per heavy atom. The largest absolute Gasteiger partial charge is 0.493 e. The number of nitrogens with zero attached hydrogens (tertiary/aromatic N) is 1. The van der Waals surface area contributed by atoms with Crippen molar-refractivity contribution in [2.24, 2.45) is 0 Å². The summed E-state index contributed by atoms with van der Waals surface area (Å²) >= 11 is 0. The first-order chi connectivity index (χ1) is 14.0. The zero-order chi connectivity index (χ0) is 22.5. The summed E-state index contributed by atoms with van der Waals surface area (Å²) in [5.41, 5.74) is -0.612. The van der Waals surface area contributed by atoms with E-state index < -0.39 is 34.2 Å². The average molecular weight is 446 g/mol. The smallest absolute Gasteiger partial charge is 0.416 e. The van der Waals surface area contributed by atoms with Gasteiger partial charge in [0.25, 0.3) is 0 Å². The van der Waals surface area contributed by atoms with Gasteiger partial charge in [0.2, 0.25) is 15.9 Å². The van der Waals surface area contributed by atoms with Crippen LogP contribution in [-0.2, 0) is 27.5 Å². The van der Waals surface area contributed by atoms with Crippen LogP contribution < -0.4 is 19.1 Å². The van der Waals surface area contributed by atoms with Crippen molar-refractivity contribution in [3.63, 3.8) is 0 Å². The van der Waals surface area contributed by atoms with Gasteiger partial charge in [-0.05, 0) is 35.9 Å². The first-order valence-electron chi connectivity index (χ1n) is 8.58. The summed E-state index contributed by atoms with van der Waals surface area (Å²) in [4.78, 5) is 12.3. The van der Waals surface area contributed by atoms with E-state index in [0.717, 1.165) is 18.4 Å². The topological polar surface area (TPSA) is 84.9 Å². The minimum atomic E-state index is -4.64. The Labute approximate surface area is 172 Å². The fourth-order valence-corrected chi connectivity index (χ4v) is 3.46. The maximum absolute atomic E-state index is 12.9. The van der Waals surface area contributed by atoms with Gasteiger partial charge in [-0.25, -0.2) is 8.42 Å². The standard InChI is InChI=1S/C19H21F3N2O5S/c1-28-16-8-7-13(9-17(16)29-2)11-23-18(25)12-24(30(3,26)27)15-6-4-5-14(10-15)19(20,21)22/h4-10H,11-12H2,1-3H3,(H,23,25). The summed E-state index contributed by atoms with van der Waals surface area (Å²) in [7, 11) is -1.07. The van der Waals surface area contributed by atoms with E-state index in [2.05, 4.69) is 5.32 Å². The number of hydrogen-bond donors (Lipinski definition) is 1. The Morgan fingerprint density at radius 1 is 1.07 bits per heavy atom. The Kier molecular flexibility index (Phi) is 7.19. The van der Waals surface area contributed by atoms with E-state index >= 15 is 0 Å². The first kappa shape index (κ1) is 23.3. The van der Waals surface area contributed by atoms with Crippen molar-refractivity contribution < 1.29 is 35.9 Å². The maximum atomic E-state index is 12.9. The number of sulfonamides is 1. The van der Waals surface area contributed by atoms with Crippen LogP contribution in [0.2, 0.25) is 0 Å². The van der Waals surface area contributed by atoms with Crippen LogP contribution in [0, 0.1) is 0 Å². The highest BCUT2D eigenvalue weighted by Gasteiger charge is 2.32. The molecule has 164 valence electrons. The normalized spacial score (nSPS) is 11.7. The molecule has 0 bridgehead atoms. The van der Waals surface area contributed by atoms with Crippen LogP contribution in [0.3, 0.4) is 0 Å². The lowest BCUT2D eigenvalue weighted by atomic mass is 10.2. The molecule has 2 aromatic carbocycles. The minimum absolute atomic E-state index is 0.0549. The molecule has 0 fully saturated rings. The van der Waals surface area contributed by atoms with E-state index in [4.69, 9.17) is 9.47 Å². The van der Waals surface area contributed by atoms with Gasteiger partial charge in [0.15, 0.2) is 11.5 Å². The summed E-state index contributed by atoms with van der Waals surface area (Å²) in [5, 5.41) is 2.54. The summed E-state index contributed by atoms with van der Waals surface area (Å²) < 4.78 is 73.9. The number of amides is 1. The second-order valence-electron chi connectivity index (χ2n) is 6.28. The summed E-state index contributed by atoms with van der Waals surface area (Å²) in [6.07, 6.45) is -3.83. The zero-order valence-electron chi connectivity index (χ0n) is 16.5. The van der Waals surface area contributed by atoms with E-state index in [0.29, 0.717) is 27.4 Å². The number of hydrogen-bond acceptors (Lipinski definition) is 5. The van der Waals surface area contributed by atoms with Crippen molar-refractivity contribution in [3.05, 3.63) is 53.6 Å². The Morgan fingerprint density at radius 3 is 2.30 bits per heavy atom. The Bertz CT molecular complexity index is 1010. The zero-order valence-corrected chi connectivity index (χ0v) is 17.3. The molecule has 7 nitrogen and oxygen atoms in total. The molecular weight excluding hydrogens is 425 g/mol. The first-order valence-corrected chi connectivity index (χ1v) is 10.4. The van der Waals surface area contributed by atoms with Gasteiger partial charge in [-0.15, -0.1) is 0 Å². The molecule has 0 unspecified atom stereocenters. The number of anilines is 1. The van der Waals surface area contributed by atoms with E-state index in [9.17, 15) is 26.4 Å². The molecule has 0 aliphatic rings. The number of halogens is 3. The number of alkyl halides is 3. The molecule has 0 aromatic heterocycles. The molecule has 0 aliphatic carbocycles. The van der Waals surface area contributed by atoms with Crippen molar-refractivity contribution in [2.45, 2.75) is 12.7 Å². The van der Waals surface area contributed by atoms with Crippen molar-refractivity contribution in [1.29, 1.82) is 0 Å². The van der Waals surface area contributed by atoms with Gasteiger partial charge in [-0.2, -0.15) is 13.2 Å². The third-order valence-electron chi connectivity index (χ3n) is 4.09. The van der Waals surface area contributed by atoms with E-state index in [1.807, 2.05) is 0 Å². The maximum Gasteiger partial charge on any atom is 0.416 e. The third kappa shape index (κ3) is 6.02. The summed E-state index contributed by atoms with van der Waals surface area (Å²) in [6.45, 7) is -0.618. The van der Waals surface area contributed by atoms with Crippen LogP contribution in [0.25, 0.3) is 0 Å². The molecule has 0 saturated carbocycles. The quantitative estimate of drug-likeness (QED) is 0.674. The van der Waals surface area contributed by atoms with Crippen molar-refractivity contribution >= 4 is 21.6 Å². The molecule has 0 aliphatic heterocycles. The predicted molar refractivity (Wildman–Crippen MR) is 105 cm³/mol. The summed E-state index contributed by atoms with van der Waals surface area (Å²) in [5.74, 6) is 0.263. The molecule has 0 heterocycles. The highest BCUT2D eigenvalue weighted by atomic mass is 32.2. The molecule has 2 rings (SSSR count). The van der Waals surface area contributed by atoms with Crippen molar-refractivity contribution in [1.82, 2.24) is 5.32 Å². The minimum Gasteiger partial charge on any atom is -0.493 e. The molecule has 0 saturated heterocycles. The van der Waals surface area contributed by atoms with Gasteiger partial charge < -0.3 is 14.8 Å². The van der Waals surface area contributed by atoms with Crippen molar-refractivity contribution in [2.75, 3.05) is 31.3 Å². The highest BCUT2D eigenvalue weighted by molar-refractivity contribution is 7.92. The number of benzene rings is 2. The molecule has 11 heteroatoms. The number of nitrogens with one attached hydrogen (secondary N) is 1. The SMILES string of the molecule is COc1ccc(CNC(=O)CN(c2cccc(C(F)(F)F)c2)S(C)(=O)=O)cc1OC. The molecule has 0 spiro atoms. The van der Waals surface area contributed by atoms with Crippen LogP contribution in [-0.4, -0.2) is 41.3 Å². The van der Waals surface area contributed by atoms with Crippen LogP contribution in [0.5, 0.6) is 11.5 Å². The number of carbonyl (C=O) groups excluding carboxylic acids is 1. The van der Waals surface area contributed by atoms with Gasteiger partial charge in [-0.1, -0.05) is 12.1 Å². The molecule has 1 amide bonds. The average Bonchev–Trinajstić information content (AvgIpc) is 2.68. The van der Waals surface area contributed by atoms with Crippen LogP contribution in [0.1, 0.15) is 11.1 Å². The molecule has 0 radical (unpaired) electrons. The molecule has 30 heavy (non-hydrogen) atoms. The molecule has 1 N–H and O–H groups in total. The number of methoxy groups -OCH3 is 2. The van der Waals surface area contributed by atoms with Gasteiger partial charge in [0.1, 0.15) is 6.54 Å². The van der Waals surface area contributed by atoms with Crippen molar-refractivity contribution in [3.8, 4) is 11.5 Å². The van der Waals surface area contributed by atoms with E-state index in [1.54, 1.807) is 18.2 Å².